The van der Waals surface area contributed by atoms with E-state index in [0.29, 0.717) is 0 Å². The first-order chi connectivity index (χ1) is 6.00. The van der Waals surface area contributed by atoms with Gasteiger partial charge in [-0.15, -0.1) is 0 Å². The van der Waals surface area contributed by atoms with Crippen LogP contribution in [0.15, 0.2) is 0 Å². The molecule has 13 nitrogen and oxygen atoms in total. The SMILES string of the molecule is O.O=S(=O)([O-])[O-].O=S(=O)([O-])[O-].O=S(=O)([O-])[O-].[Na+].[V]. The van der Waals surface area contributed by atoms with E-state index in [0.717, 1.165) is 0 Å². The first-order valence-electron chi connectivity index (χ1n) is 2.00. The molecule has 0 aliphatic rings. The maximum Gasteiger partial charge on any atom is 1.00 e. The minimum atomic E-state index is -5.17. The third-order valence-electron chi connectivity index (χ3n) is 0. The fraction of sp³-hybridized carbons (Fsp3) is 0. The fourth-order valence-electron chi connectivity index (χ4n) is 0. The minimum absolute atomic E-state index is 0. The van der Waals surface area contributed by atoms with Crippen LogP contribution in [0.5, 0.6) is 0 Å². The molecule has 0 aromatic heterocycles. The molecule has 18 heavy (non-hydrogen) atoms. The Bertz CT molecular complexity index is 343. The number of hydrogen-bond acceptors (Lipinski definition) is 12. The Morgan fingerprint density at radius 3 is 0.500 bits per heavy atom. The van der Waals surface area contributed by atoms with Crippen molar-refractivity contribution in [2.75, 3.05) is 0 Å². The van der Waals surface area contributed by atoms with E-state index in [2.05, 4.69) is 0 Å². The van der Waals surface area contributed by atoms with Gasteiger partial charge in [0.25, 0.3) is 0 Å². The topological polar surface area (TPSA) is 272 Å². The van der Waals surface area contributed by atoms with Crippen molar-refractivity contribution < 1.29 is 106 Å². The molecule has 2 N–H and O–H groups in total. The molecular weight excluding hydrogens is 378 g/mol. The first-order valence-corrected chi connectivity index (χ1v) is 6.00. The van der Waals surface area contributed by atoms with E-state index >= 15 is 0 Å². The summed E-state index contributed by atoms with van der Waals surface area (Å²) in [6.45, 7) is 0. The van der Waals surface area contributed by atoms with E-state index in [1.165, 1.54) is 0 Å². The summed E-state index contributed by atoms with van der Waals surface area (Å²) in [6, 6.07) is 0. The third kappa shape index (κ3) is 3360. The summed E-state index contributed by atoms with van der Waals surface area (Å²) in [5.41, 5.74) is 0. The summed E-state index contributed by atoms with van der Waals surface area (Å²) in [4.78, 5) is 0. The zero-order chi connectivity index (χ0) is 13.5. The zero-order valence-corrected chi connectivity index (χ0v) is 13.9. The largest absolute Gasteiger partial charge is 1.00 e. The molecule has 0 spiro atoms. The quantitative estimate of drug-likeness (QED) is 0.215. The Kier molecular flexibility index (Phi) is 29.5. The molecule has 0 atom stereocenters. The number of hydrogen-bond donors (Lipinski definition) is 0. The van der Waals surface area contributed by atoms with Crippen LogP contribution in [0.2, 0.25) is 0 Å². The van der Waals surface area contributed by atoms with Gasteiger partial charge in [0.05, 0.1) is 0 Å². The van der Waals surface area contributed by atoms with Gasteiger partial charge < -0.3 is 32.8 Å². The van der Waals surface area contributed by atoms with Crippen LogP contribution in [0.3, 0.4) is 0 Å². The van der Waals surface area contributed by atoms with Crippen LogP contribution < -0.4 is 29.6 Å². The van der Waals surface area contributed by atoms with E-state index in [1.54, 1.807) is 0 Å². The second-order valence-electron chi connectivity index (χ2n) is 1.22. The summed E-state index contributed by atoms with van der Waals surface area (Å²) < 4.78 is 102. The molecule has 109 valence electrons. The van der Waals surface area contributed by atoms with Crippen molar-refractivity contribution in [3.8, 4) is 0 Å². The van der Waals surface area contributed by atoms with E-state index in [1.807, 2.05) is 0 Å². The summed E-state index contributed by atoms with van der Waals surface area (Å²) >= 11 is 0. The summed E-state index contributed by atoms with van der Waals surface area (Å²) in [5.74, 6) is 0. The molecular formula is H2NaO13S3V-5. The van der Waals surface area contributed by atoms with Crippen molar-refractivity contribution in [3.63, 3.8) is 0 Å². The monoisotopic (exact) mass is 380 g/mol. The molecule has 1 radical (unpaired) electrons. The second kappa shape index (κ2) is 14.6. The van der Waals surface area contributed by atoms with E-state index < -0.39 is 31.2 Å². The summed E-state index contributed by atoms with van der Waals surface area (Å²) in [5, 5.41) is 0. The molecule has 0 rings (SSSR count). The van der Waals surface area contributed by atoms with Crippen LogP contribution in [0.4, 0.5) is 0 Å². The van der Waals surface area contributed by atoms with Gasteiger partial charge in [-0.1, -0.05) is 0 Å². The van der Waals surface area contributed by atoms with Gasteiger partial charge in [0, 0.05) is 49.8 Å². The fourth-order valence-corrected chi connectivity index (χ4v) is 0. The van der Waals surface area contributed by atoms with Gasteiger partial charge >= 0.3 is 29.6 Å². The summed E-state index contributed by atoms with van der Waals surface area (Å²) in [6.07, 6.45) is 0. The van der Waals surface area contributed by atoms with Gasteiger partial charge in [-0.25, -0.2) is 0 Å². The van der Waals surface area contributed by atoms with E-state index in [9.17, 15) is 0 Å². The molecule has 0 aliphatic carbocycles. The van der Waals surface area contributed by atoms with Crippen molar-refractivity contribution in [2.24, 2.45) is 0 Å². The smallest absolute Gasteiger partial charge is 0.759 e. The van der Waals surface area contributed by atoms with Crippen LogP contribution in [0, 0.1) is 0 Å². The van der Waals surface area contributed by atoms with Crippen LogP contribution in [0.1, 0.15) is 0 Å². The molecule has 0 saturated heterocycles. The Labute approximate surface area is 136 Å². The average Bonchev–Trinajstić information content (AvgIpc) is 1.41. The predicted octanol–water partition coefficient (Wildman–Crippen LogP) is -7.84. The normalized spacial score (nSPS) is 9.67. The molecule has 0 aromatic rings. The maximum absolute atomic E-state index is 8.52. The van der Waals surface area contributed by atoms with Crippen LogP contribution in [-0.2, 0) is 49.8 Å². The molecule has 0 heterocycles. The van der Waals surface area contributed by atoms with E-state index in [-0.39, 0.29) is 53.6 Å². The Balaban J connectivity index is -0.0000000277. The summed E-state index contributed by atoms with van der Waals surface area (Å²) in [7, 11) is -15.5. The van der Waals surface area contributed by atoms with E-state index in [4.69, 9.17) is 52.6 Å². The standard InChI is InChI=1S/Na.3H2O4S.H2O.V/c;3*1-5(2,3)4;;/h;3*(H2,1,2,3,4);1H2;/q+1;;;;;/p-6. The third-order valence-corrected chi connectivity index (χ3v) is 0. The van der Waals surface area contributed by atoms with Gasteiger partial charge in [0.1, 0.15) is 0 Å². The second-order valence-corrected chi connectivity index (χ2v) is 3.67. The predicted molar refractivity (Wildman–Crippen MR) is 35.0 cm³/mol. The first kappa shape index (κ1) is 36.5. The molecule has 0 unspecified atom stereocenters. The van der Waals surface area contributed by atoms with Gasteiger partial charge in [0.2, 0.25) is 0 Å². The zero-order valence-electron chi connectivity index (χ0n) is 8.07. The van der Waals surface area contributed by atoms with Gasteiger partial charge in [-0.3, -0.25) is 25.3 Å². The Morgan fingerprint density at radius 2 is 0.500 bits per heavy atom. The molecule has 0 aliphatic heterocycles. The molecule has 0 saturated carbocycles. The van der Waals surface area contributed by atoms with Crippen LogP contribution >= 0.6 is 0 Å². The maximum atomic E-state index is 8.52. The average molecular weight is 380 g/mol. The van der Waals surface area contributed by atoms with Crippen molar-refractivity contribution >= 4 is 31.2 Å². The van der Waals surface area contributed by atoms with Gasteiger partial charge in [0.15, 0.2) is 0 Å². The molecule has 18 heteroatoms. The van der Waals surface area contributed by atoms with Crippen molar-refractivity contribution in [3.05, 3.63) is 0 Å². The Morgan fingerprint density at radius 1 is 0.500 bits per heavy atom. The van der Waals surface area contributed by atoms with Gasteiger partial charge in [-0.2, -0.15) is 0 Å². The van der Waals surface area contributed by atoms with Gasteiger partial charge in [-0.05, 0) is 0 Å². The number of rotatable bonds is 0. The van der Waals surface area contributed by atoms with Crippen LogP contribution in [0.25, 0.3) is 0 Å². The van der Waals surface area contributed by atoms with Crippen molar-refractivity contribution in [1.82, 2.24) is 0 Å². The van der Waals surface area contributed by atoms with Crippen molar-refractivity contribution in [2.45, 2.75) is 0 Å². The molecule has 0 aromatic carbocycles. The van der Waals surface area contributed by atoms with Crippen molar-refractivity contribution in [1.29, 1.82) is 0 Å². The molecule has 0 amide bonds. The minimum Gasteiger partial charge on any atom is -0.759 e. The molecule has 0 fully saturated rings. The van der Waals surface area contributed by atoms with Crippen LogP contribution in [-0.4, -0.2) is 58.0 Å². The Hall–Kier alpha value is 1.15. The molecule has 0 bridgehead atoms.